The summed E-state index contributed by atoms with van der Waals surface area (Å²) in [6.07, 6.45) is 5.02. The van der Waals surface area contributed by atoms with Crippen molar-refractivity contribution in [2.24, 2.45) is 0 Å². The molecule has 0 unspecified atom stereocenters. The number of methoxy groups -OCH3 is 2. The molecule has 1 aliphatic heterocycles. The predicted octanol–water partition coefficient (Wildman–Crippen LogP) is 3.64. The van der Waals surface area contributed by atoms with Gasteiger partial charge in [0.2, 0.25) is 0 Å². The van der Waals surface area contributed by atoms with Crippen LogP contribution in [-0.2, 0) is 0 Å². The standard InChI is InChI=1S/C21H23N3O3/c1-26-19-10-9-15(13-20(19)27-2)17-7-6-8-18-16(14-22-24(17)18)21(25)23-11-4-3-5-12-23/h6-10,13-14H,3-5,11-12H2,1-2H3. The lowest BCUT2D eigenvalue weighted by molar-refractivity contribution is 0.0726. The highest BCUT2D eigenvalue weighted by molar-refractivity contribution is 6.01. The SMILES string of the molecule is COc1ccc(-c2cccc3c(C(=O)N4CCCCC4)cnn23)cc1OC. The molecule has 4 rings (SSSR count). The highest BCUT2D eigenvalue weighted by Crippen LogP contribution is 2.32. The van der Waals surface area contributed by atoms with E-state index in [0.717, 1.165) is 42.7 Å². The Morgan fingerprint density at radius 2 is 1.78 bits per heavy atom. The molecule has 0 saturated carbocycles. The average molecular weight is 365 g/mol. The number of carbonyl (C=O) groups is 1. The zero-order chi connectivity index (χ0) is 18.8. The van der Waals surface area contributed by atoms with Crippen LogP contribution in [0.1, 0.15) is 29.6 Å². The third-order valence-electron chi connectivity index (χ3n) is 5.10. The molecule has 3 aromatic rings. The largest absolute Gasteiger partial charge is 0.493 e. The summed E-state index contributed by atoms with van der Waals surface area (Å²) in [5.74, 6) is 1.40. The van der Waals surface area contributed by atoms with Crippen LogP contribution in [-0.4, -0.2) is 47.7 Å². The summed E-state index contributed by atoms with van der Waals surface area (Å²) < 4.78 is 12.6. The van der Waals surface area contributed by atoms with Crippen LogP contribution < -0.4 is 9.47 Å². The second-order valence-corrected chi connectivity index (χ2v) is 6.69. The number of nitrogens with zero attached hydrogens (tertiary/aromatic N) is 3. The third-order valence-corrected chi connectivity index (χ3v) is 5.10. The monoisotopic (exact) mass is 365 g/mol. The fraction of sp³-hybridized carbons (Fsp3) is 0.333. The van der Waals surface area contributed by atoms with E-state index >= 15 is 0 Å². The molecule has 0 N–H and O–H groups in total. The van der Waals surface area contributed by atoms with Gasteiger partial charge in [0.1, 0.15) is 0 Å². The van der Waals surface area contributed by atoms with Crippen molar-refractivity contribution < 1.29 is 14.3 Å². The lowest BCUT2D eigenvalue weighted by atomic mass is 10.1. The normalized spacial score (nSPS) is 14.4. The molecule has 1 fully saturated rings. The number of likely N-dealkylation sites (tertiary alicyclic amines) is 1. The number of piperidine rings is 1. The van der Waals surface area contributed by atoms with Crippen LogP contribution in [0.5, 0.6) is 11.5 Å². The molecule has 6 nitrogen and oxygen atoms in total. The number of hydrogen-bond acceptors (Lipinski definition) is 4. The number of benzene rings is 1. The molecule has 0 aliphatic carbocycles. The molecular weight excluding hydrogens is 342 g/mol. The molecule has 2 aromatic heterocycles. The van der Waals surface area contributed by atoms with Crippen molar-refractivity contribution in [1.82, 2.24) is 14.5 Å². The topological polar surface area (TPSA) is 56.1 Å². The highest BCUT2D eigenvalue weighted by Gasteiger charge is 2.22. The minimum absolute atomic E-state index is 0.0640. The minimum atomic E-state index is 0.0640. The van der Waals surface area contributed by atoms with E-state index in [1.165, 1.54) is 6.42 Å². The zero-order valence-corrected chi connectivity index (χ0v) is 15.6. The molecular formula is C21H23N3O3. The van der Waals surface area contributed by atoms with Crippen molar-refractivity contribution in [3.8, 4) is 22.8 Å². The number of amides is 1. The molecule has 1 saturated heterocycles. The number of hydrogen-bond donors (Lipinski definition) is 0. The van der Waals surface area contributed by atoms with Crippen LogP contribution in [0.3, 0.4) is 0 Å². The molecule has 27 heavy (non-hydrogen) atoms. The predicted molar refractivity (Wildman–Crippen MR) is 103 cm³/mol. The Labute approximate surface area is 158 Å². The van der Waals surface area contributed by atoms with E-state index in [0.29, 0.717) is 17.1 Å². The Kier molecular flexibility index (Phi) is 4.71. The van der Waals surface area contributed by atoms with E-state index in [9.17, 15) is 4.79 Å². The van der Waals surface area contributed by atoms with Gasteiger partial charge in [-0.2, -0.15) is 5.10 Å². The zero-order valence-electron chi connectivity index (χ0n) is 15.6. The first-order valence-electron chi connectivity index (χ1n) is 9.21. The average Bonchev–Trinajstić information content (AvgIpc) is 3.17. The van der Waals surface area contributed by atoms with Gasteiger partial charge in [0.15, 0.2) is 11.5 Å². The second-order valence-electron chi connectivity index (χ2n) is 6.69. The van der Waals surface area contributed by atoms with Crippen molar-refractivity contribution in [2.45, 2.75) is 19.3 Å². The molecule has 6 heteroatoms. The van der Waals surface area contributed by atoms with Crippen LogP contribution in [0.25, 0.3) is 16.8 Å². The Bertz CT molecular complexity index is 974. The fourth-order valence-corrected chi connectivity index (χ4v) is 3.66. The first-order valence-corrected chi connectivity index (χ1v) is 9.21. The van der Waals surface area contributed by atoms with E-state index in [2.05, 4.69) is 5.10 Å². The van der Waals surface area contributed by atoms with Gasteiger partial charge in [0.25, 0.3) is 5.91 Å². The first kappa shape index (κ1) is 17.4. The van der Waals surface area contributed by atoms with Gasteiger partial charge in [-0.3, -0.25) is 4.79 Å². The second kappa shape index (κ2) is 7.31. The summed E-state index contributed by atoms with van der Waals surface area (Å²) in [5.41, 5.74) is 3.31. The van der Waals surface area contributed by atoms with E-state index in [1.54, 1.807) is 20.4 Å². The fourth-order valence-electron chi connectivity index (χ4n) is 3.66. The van der Waals surface area contributed by atoms with Gasteiger partial charge >= 0.3 is 0 Å². The van der Waals surface area contributed by atoms with Crippen molar-refractivity contribution in [3.05, 3.63) is 48.2 Å². The Morgan fingerprint density at radius 1 is 1.00 bits per heavy atom. The number of fused-ring (bicyclic) bond motifs is 1. The summed E-state index contributed by atoms with van der Waals surface area (Å²) in [5, 5.41) is 4.51. The smallest absolute Gasteiger partial charge is 0.257 e. The lowest BCUT2D eigenvalue weighted by Gasteiger charge is -2.26. The maximum absolute atomic E-state index is 12.9. The van der Waals surface area contributed by atoms with Crippen molar-refractivity contribution in [3.63, 3.8) is 0 Å². The first-order chi connectivity index (χ1) is 13.2. The van der Waals surface area contributed by atoms with E-state index in [1.807, 2.05) is 45.8 Å². The van der Waals surface area contributed by atoms with Gasteiger partial charge in [-0.1, -0.05) is 6.07 Å². The molecule has 1 amide bonds. The summed E-state index contributed by atoms with van der Waals surface area (Å²) in [4.78, 5) is 14.9. The molecule has 0 radical (unpaired) electrons. The maximum Gasteiger partial charge on any atom is 0.257 e. The van der Waals surface area contributed by atoms with Gasteiger partial charge in [0.05, 0.1) is 37.2 Å². The van der Waals surface area contributed by atoms with E-state index < -0.39 is 0 Å². The minimum Gasteiger partial charge on any atom is -0.493 e. The molecule has 0 spiro atoms. The van der Waals surface area contributed by atoms with Gasteiger partial charge in [-0.25, -0.2) is 4.52 Å². The molecule has 0 bridgehead atoms. The number of rotatable bonds is 4. The highest BCUT2D eigenvalue weighted by atomic mass is 16.5. The molecule has 0 atom stereocenters. The molecule has 140 valence electrons. The number of carbonyl (C=O) groups excluding carboxylic acids is 1. The quantitative estimate of drug-likeness (QED) is 0.708. The Hall–Kier alpha value is -3.02. The Balaban J connectivity index is 1.76. The number of aromatic nitrogens is 2. The number of ether oxygens (including phenoxy) is 2. The van der Waals surface area contributed by atoms with Gasteiger partial charge in [0, 0.05) is 18.7 Å². The Morgan fingerprint density at radius 3 is 2.52 bits per heavy atom. The van der Waals surface area contributed by atoms with Crippen molar-refractivity contribution in [1.29, 1.82) is 0 Å². The van der Waals surface area contributed by atoms with Crippen LogP contribution >= 0.6 is 0 Å². The van der Waals surface area contributed by atoms with Crippen LogP contribution in [0.4, 0.5) is 0 Å². The van der Waals surface area contributed by atoms with Crippen LogP contribution in [0.15, 0.2) is 42.6 Å². The lowest BCUT2D eigenvalue weighted by Crippen LogP contribution is -2.35. The van der Waals surface area contributed by atoms with Gasteiger partial charge in [-0.15, -0.1) is 0 Å². The van der Waals surface area contributed by atoms with E-state index in [4.69, 9.17) is 9.47 Å². The van der Waals surface area contributed by atoms with Crippen molar-refractivity contribution >= 4 is 11.4 Å². The van der Waals surface area contributed by atoms with E-state index in [-0.39, 0.29) is 5.91 Å². The third kappa shape index (κ3) is 3.12. The number of pyridine rings is 1. The molecule has 1 aromatic carbocycles. The van der Waals surface area contributed by atoms with Crippen molar-refractivity contribution in [2.75, 3.05) is 27.3 Å². The summed E-state index contributed by atoms with van der Waals surface area (Å²) in [6, 6.07) is 11.6. The summed E-state index contributed by atoms with van der Waals surface area (Å²) in [7, 11) is 3.23. The van der Waals surface area contributed by atoms with Crippen LogP contribution in [0.2, 0.25) is 0 Å². The van der Waals surface area contributed by atoms with Gasteiger partial charge in [-0.05, 0) is 49.6 Å². The van der Waals surface area contributed by atoms with Crippen LogP contribution in [0, 0.1) is 0 Å². The van der Waals surface area contributed by atoms with Gasteiger partial charge < -0.3 is 14.4 Å². The molecule has 3 heterocycles. The summed E-state index contributed by atoms with van der Waals surface area (Å²) >= 11 is 0. The molecule has 1 aliphatic rings. The maximum atomic E-state index is 12.9. The summed E-state index contributed by atoms with van der Waals surface area (Å²) in [6.45, 7) is 1.65.